The van der Waals surface area contributed by atoms with Gasteiger partial charge in [0.25, 0.3) is 5.91 Å². The third-order valence-corrected chi connectivity index (χ3v) is 7.10. The molecule has 43 heavy (non-hydrogen) atoms. The lowest BCUT2D eigenvalue weighted by Crippen LogP contribution is -2.36. The Balaban J connectivity index is 2.24. The van der Waals surface area contributed by atoms with Crippen LogP contribution in [0.15, 0.2) is 65.8 Å². The number of aromatic hydroxyl groups is 1. The molecule has 0 heterocycles. The molecule has 2 aromatic carbocycles. The summed E-state index contributed by atoms with van der Waals surface area (Å²) in [5, 5.41) is 13.0. The SMILES string of the molecule is CCCCCCCCN(C(=O)COCc1ccc(O)cc1)c1cc(NC/C=C(\C)CCC=C(C)C)ccc1C(=O)OCC. The number of anilines is 2. The molecule has 0 atom stereocenters. The maximum absolute atomic E-state index is 13.6. The van der Waals surface area contributed by atoms with E-state index in [0.717, 1.165) is 43.4 Å². The Hall–Kier alpha value is -3.58. The highest BCUT2D eigenvalue weighted by Crippen LogP contribution is 2.27. The van der Waals surface area contributed by atoms with E-state index in [2.05, 4.69) is 45.2 Å². The van der Waals surface area contributed by atoms with Gasteiger partial charge in [-0.05, 0) is 82.9 Å². The van der Waals surface area contributed by atoms with E-state index < -0.39 is 5.97 Å². The van der Waals surface area contributed by atoms with Crippen LogP contribution >= 0.6 is 0 Å². The van der Waals surface area contributed by atoms with Crippen LogP contribution in [0.5, 0.6) is 5.75 Å². The average molecular weight is 593 g/mol. The largest absolute Gasteiger partial charge is 0.508 e. The molecule has 0 aromatic heterocycles. The van der Waals surface area contributed by atoms with Gasteiger partial charge >= 0.3 is 5.97 Å². The summed E-state index contributed by atoms with van der Waals surface area (Å²) < 4.78 is 11.1. The standard InChI is InChI=1S/C36H52N2O5/c1-6-8-9-10-11-12-24-38(35(40)27-42-26-30-16-19-32(39)20-17-30)34-25-31(18-21-33(34)36(41)43-7-2)37-23-22-29(5)15-13-14-28(3)4/h14,16-22,25,37,39H,6-13,15,23-24,26-27H2,1-5H3/b29-22+. The number of benzene rings is 2. The second-order valence-corrected chi connectivity index (χ2v) is 11.2. The first kappa shape index (κ1) is 35.6. The van der Waals surface area contributed by atoms with E-state index in [-0.39, 0.29) is 31.5 Å². The van der Waals surface area contributed by atoms with Crippen LogP contribution in [-0.2, 0) is 20.9 Å². The molecule has 0 fully saturated rings. The lowest BCUT2D eigenvalue weighted by molar-refractivity contribution is -0.123. The van der Waals surface area contributed by atoms with Crippen molar-refractivity contribution in [3.8, 4) is 5.75 Å². The average Bonchev–Trinajstić information content (AvgIpc) is 2.97. The maximum atomic E-state index is 13.6. The molecule has 7 nitrogen and oxygen atoms in total. The summed E-state index contributed by atoms with van der Waals surface area (Å²) in [7, 11) is 0. The van der Waals surface area contributed by atoms with Gasteiger partial charge in [-0.2, -0.15) is 0 Å². The van der Waals surface area contributed by atoms with Gasteiger partial charge in [-0.3, -0.25) is 4.79 Å². The van der Waals surface area contributed by atoms with Crippen LogP contribution in [0.4, 0.5) is 11.4 Å². The van der Waals surface area contributed by atoms with Crippen LogP contribution in [0, 0.1) is 0 Å². The Labute approximate surface area is 259 Å². The highest BCUT2D eigenvalue weighted by molar-refractivity contribution is 6.03. The minimum Gasteiger partial charge on any atom is -0.508 e. The predicted molar refractivity (Wildman–Crippen MR) is 177 cm³/mol. The van der Waals surface area contributed by atoms with Crippen LogP contribution in [0.25, 0.3) is 0 Å². The summed E-state index contributed by atoms with van der Waals surface area (Å²) in [5.41, 5.74) is 5.20. The number of hydrogen-bond donors (Lipinski definition) is 2. The molecular weight excluding hydrogens is 540 g/mol. The quantitative estimate of drug-likeness (QED) is 0.0909. The third kappa shape index (κ3) is 14.0. The number of phenols is 1. The Morgan fingerprint density at radius 2 is 1.65 bits per heavy atom. The van der Waals surface area contributed by atoms with Crippen molar-refractivity contribution in [2.75, 3.05) is 36.5 Å². The van der Waals surface area contributed by atoms with Crippen LogP contribution in [-0.4, -0.2) is 43.3 Å². The third-order valence-electron chi connectivity index (χ3n) is 7.10. The fraction of sp³-hybridized carbons (Fsp3) is 0.500. The zero-order valence-corrected chi connectivity index (χ0v) is 26.9. The summed E-state index contributed by atoms with van der Waals surface area (Å²) >= 11 is 0. The summed E-state index contributed by atoms with van der Waals surface area (Å²) in [6.45, 7) is 11.8. The fourth-order valence-corrected chi connectivity index (χ4v) is 4.64. The zero-order chi connectivity index (χ0) is 31.5. The minimum atomic E-state index is -0.454. The second-order valence-electron chi connectivity index (χ2n) is 11.2. The first-order chi connectivity index (χ1) is 20.7. The van der Waals surface area contributed by atoms with Crippen LogP contribution in [0.3, 0.4) is 0 Å². The molecule has 1 amide bonds. The zero-order valence-electron chi connectivity index (χ0n) is 26.9. The minimum absolute atomic E-state index is 0.135. The molecular formula is C36H52N2O5. The smallest absolute Gasteiger partial charge is 0.340 e. The van der Waals surface area contributed by atoms with Crippen LogP contribution in [0.1, 0.15) is 102 Å². The number of nitrogens with zero attached hydrogens (tertiary/aromatic N) is 1. The van der Waals surface area contributed by atoms with E-state index in [9.17, 15) is 14.7 Å². The van der Waals surface area contributed by atoms with Gasteiger partial charge in [-0.25, -0.2) is 4.79 Å². The highest BCUT2D eigenvalue weighted by Gasteiger charge is 2.23. The molecule has 0 aliphatic carbocycles. The van der Waals surface area contributed by atoms with Gasteiger partial charge in [0.15, 0.2) is 0 Å². The molecule has 0 saturated carbocycles. The molecule has 0 bridgehead atoms. The molecule has 2 rings (SSSR count). The van der Waals surface area contributed by atoms with Crippen molar-refractivity contribution in [1.82, 2.24) is 0 Å². The Morgan fingerprint density at radius 1 is 0.930 bits per heavy atom. The fourth-order valence-electron chi connectivity index (χ4n) is 4.64. The molecule has 0 aliphatic rings. The maximum Gasteiger partial charge on any atom is 0.340 e. The van der Waals surface area contributed by atoms with Crippen molar-refractivity contribution >= 4 is 23.3 Å². The number of amides is 1. The number of rotatable bonds is 20. The molecule has 0 spiro atoms. The number of unbranched alkanes of at least 4 members (excludes halogenated alkanes) is 5. The Bertz CT molecular complexity index is 1180. The Morgan fingerprint density at radius 3 is 2.35 bits per heavy atom. The summed E-state index contributed by atoms with van der Waals surface area (Å²) in [5.74, 6) is -0.492. The number of carbonyl (C=O) groups is 2. The number of hydrogen-bond acceptors (Lipinski definition) is 6. The van der Waals surface area contributed by atoms with E-state index >= 15 is 0 Å². The van der Waals surface area contributed by atoms with Crippen molar-refractivity contribution in [1.29, 1.82) is 0 Å². The second kappa shape index (κ2) is 20.3. The molecule has 236 valence electrons. The molecule has 2 N–H and O–H groups in total. The molecule has 0 aliphatic heterocycles. The monoisotopic (exact) mass is 592 g/mol. The lowest BCUT2D eigenvalue weighted by atomic mass is 10.1. The van der Waals surface area contributed by atoms with E-state index in [1.807, 2.05) is 12.1 Å². The molecule has 0 radical (unpaired) electrons. The Kier molecular flexibility index (Phi) is 16.9. The van der Waals surface area contributed by atoms with Crippen LogP contribution < -0.4 is 10.2 Å². The van der Waals surface area contributed by atoms with Gasteiger partial charge in [-0.1, -0.05) is 74.5 Å². The molecule has 2 aromatic rings. The van der Waals surface area contributed by atoms with E-state index in [0.29, 0.717) is 24.3 Å². The molecule has 0 unspecified atom stereocenters. The number of nitrogens with one attached hydrogen (secondary N) is 1. The first-order valence-electron chi connectivity index (χ1n) is 15.7. The van der Waals surface area contributed by atoms with Gasteiger partial charge < -0.3 is 24.8 Å². The molecule has 7 heteroatoms. The van der Waals surface area contributed by atoms with Crippen molar-refractivity contribution in [2.45, 2.75) is 92.6 Å². The van der Waals surface area contributed by atoms with Crippen molar-refractivity contribution in [3.63, 3.8) is 0 Å². The normalized spacial score (nSPS) is 11.2. The van der Waals surface area contributed by atoms with Crippen LogP contribution in [0.2, 0.25) is 0 Å². The molecule has 0 saturated heterocycles. The van der Waals surface area contributed by atoms with E-state index in [4.69, 9.17) is 9.47 Å². The van der Waals surface area contributed by atoms with Gasteiger partial charge in [0.1, 0.15) is 12.4 Å². The van der Waals surface area contributed by atoms with Gasteiger partial charge in [0.05, 0.1) is 24.5 Å². The number of ether oxygens (including phenoxy) is 2. The predicted octanol–water partition coefficient (Wildman–Crippen LogP) is 8.58. The lowest BCUT2D eigenvalue weighted by Gasteiger charge is -2.26. The highest BCUT2D eigenvalue weighted by atomic mass is 16.5. The van der Waals surface area contributed by atoms with Gasteiger partial charge in [-0.15, -0.1) is 0 Å². The van der Waals surface area contributed by atoms with E-state index in [1.54, 1.807) is 42.2 Å². The number of carbonyl (C=O) groups excluding carboxylic acids is 2. The summed E-state index contributed by atoms with van der Waals surface area (Å²) in [6.07, 6.45) is 12.9. The van der Waals surface area contributed by atoms with Crippen molar-refractivity contribution in [3.05, 3.63) is 76.9 Å². The van der Waals surface area contributed by atoms with Crippen molar-refractivity contribution in [2.24, 2.45) is 0 Å². The van der Waals surface area contributed by atoms with Gasteiger partial charge in [0.2, 0.25) is 0 Å². The van der Waals surface area contributed by atoms with Crippen molar-refractivity contribution < 1.29 is 24.2 Å². The first-order valence-corrected chi connectivity index (χ1v) is 15.7. The number of allylic oxidation sites excluding steroid dienone is 3. The van der Waals surface area contributed by atoms with E-state index in [1.165, 1.54) is 30.4 Å². The summed E-state index contributed by atoms with van der Waals surface area (Å²) in [4.78, 5) is 28.3. The number of phenolic OH excluding ortho intramolecular Hbond substituents is 1. The number of esters is 1. The topological polar surface area (TPSA) is 88.1 Å². The van der Waals surface area contributed by atoms with Gasteiger partial charge in [0, 0.05) is 18.8 Å². The summed E-state index contributed by atoms with van der Waals surface area (Å²) in [6, 6.07) is 12.2.